The Hall–Kier alpha value is -2.74. The zero-order chi connectivity index (χ0) is 18.4. The minimum atomic E-state index is -0.0847. The number of rotatable bonds is 3. The van der Waals surface area contributed by atoms with Crippen LogP contribution >= 0.6 is 15.9 Å². The van der Waals surface area contributed by atoms with Crippen LogP contribution in [0.4, 0.5) is 0 Å². The number of aryl methyl sites for hydroxylation is 1. The summed E-state index contributed by atoms with van der Waals surface area (Å²) in [6.07, 6.45) is 7.01. The van der Waals surface area contributed by atoms with Gasteiger partial charge in [-0.15, -0.1) is 0 Å². The second-order valence-electron chi connectivity index (χ2n) is 6.45. The van der Waals surface area contributed by atoms with E-state index in [4.69, 9.17) is 0 Å². The van der Waals surface area contributed by atoms with Crippen molar-refractivity contribution in [1.29, 1.82) is 0 Å². The van der Waals surface area contributed by atoms with Crippen LogP contribution in [0, 0.1) is 6.92 Å². The quantitative estimate of drug-likeness (QED) is 0.558. The second-order valence-corrected chi connectivity index (χ2v) is 7.36. The normalized spacial score (nSPS) is 11.6. The van der Waals surface area contributed by atoms with Crippen LogP contribution in [-0.4, -0.2) is 29.4 Å². The first-order chi connectivity index (χ1) is 12.5. The summed E-state index contributed by atoms with van der Waals surface area (Å²) in [5.74, 6) is 0.829. The molecule has 0 spiro atoms. The average molecular weight is 413 g/mol. The average Bonchev–Trinajstić information content (AvgIpc) is 3.21. The number of halogens is 1. The molecule has 1 N–H and O–H groups in total. The van der Waals surface area contributed by atoms with Gasteiger partial charge in [-0.05, 0) is 25.0 Å². The second kappa shape index (κ2) is 6.21. The molecule has 0 amide bonds. The van der Waals surface area contributed by atoms with Crippen molar-refractivity contribution >= 4 is 21.6 Å². The molecule has 4 aromatic rings. The summed E-state index contributed by atoms with van der Waals surface area (Å²) in [5, 5.41) is 8.67. The van der Waals surface area contributed by atoms with Crippen LogP contribution < -0.4 is 5.56 Å². The largest absolute Gasteiger partial charge is 0.343 e. The first kappa shape index (κ1) is 16.7. The van der Waals surface area contributed by atoms with E-state index in [2.05, 4.69) is 36.1 Å². The predicted octanol–water partition coefficient (Wildman–Crippen LogP) is 3.46. The Kier molecular flexibility index (Phi) is 3.99. The molecule has 132 valence electrons. The standard InChI is InChI=1S/C18H17BrN6O/c1-10(2)16-11(3)23-17-14(8-22-25(17)18(16)26)12-7-21-24(9-12)15-6-13(19)4-5-20-15/h4-10,23H,1-3H3. The molecular weight excluding hydrogens is 396 g/mol. The summed E-state index contributed by atoms with van der Waals surface area (Å²) in [6, 6.07) is 3.74. The minimum Gasteiger partial charge on any atom is -0.343 e. The number of H-pyrrole nitrogens is 1. The first-order valence-corrected chi connectivity index (χ1v) is 9.02. The predicted molar refractivity (Wildman–Crippen MR) is 103 cm³/mol. The van der Waals surface area contributed by atoms with Gasteiger partial charge in [0, 0.05) is 39.3 Å². The van der Waals surface area contributed by atoms with E-state index < -0.39 is 0 Å². The van der Waals surface area contributed by atoms with E-state index in [0.717, 1.165) is 26.9 Å². The molecule has 0 saturated heterocycles. The third-order valence-electron chi connectivity index (χ3n) is 4.32. The first-order valence-electron chi connectivity index (χ1n) is 8.23. The van der Waals surface area contributed by atoms with Crippen LogP contribution in [0.15, 0.2) is 46.2 Å². The fourth-order valence-electron chi connectivity index (χ4n) is 3.14. The number of hydrogen-bond donors (Lipinski definition) is 1. The highest BCUT2D eigenvalue weighted by molar-refractivity contribution is 9.10. The Labute approximate surface area is 157 Å². The summed E-state index contributed by atoms with van der Waals surface area (Å²) < 4.78 is 4.04. The van der Waals surface area contributed by atoms with Crippen molar-refractivity contribution in [3.05, 3.63) is 63.0 Å². The number of fused-ring (bicyclic) bond motifs is 1. The van der Waals surface area contributed by atoms with Crippen LogP contribution in [0.3, 0.4) is 0 Å². The molecule has 0 aliphatic heterocycles. The van der Waals surface area contributed by atoms with Gasteiger partial charge in [0.2, 0.25) is 0 Å². The third kappa shape index (κ3) is 2.66. The van der Waals surface area contributed by atoms with Crippen LogP contribution in [-0.2, 0) is 0 Å². The third-order valence-corrected chi connectivity index (χ3v) is 4.81. The van der Waals surface area contributed by atoms with Gasteiger partial charge in [-0.1, -0.05) is 29.8 Å². The number of nitrogens with one attached hydrogen (secondary N) is 1. The number of nitrogens with zero attached hydrogens (tertiary/aromatic N) is 5. The van der Waals surface area contributed by atoms with Gasteiger partial charge in [0.1, 0.15) is 5.65 Å². The van der Waals surface area contributed by atoms with E-state index in [-0.39, 0.29) is 11.5 Å². The topological polar surface area (TPSA) is 80.9 Å². The molecule has 0 saturated carbocycles. The van der Waals surface area contributed by atoms with Gasteiger partial charge < -0.3 is 4.98 Å². The fourth-order valence-corrected chi connectivity index (χ4v) is 3.46. The molecule has 8 heteroatoms. The van der Waals surface area contributed by atoms with Crippen molar-refractivity contribution in [3.63, 3.8) is 0 Å². The van der Waals surface area contributed by atoms with Crippen molar-refractivity contribution in [3.8, 4) is 16.9 Å². The van der Waals surface area contributed by atoms with Gasteiger partial charge >= 0.3 is 0 Å². The Morgan fingerprint density at radius 3 is 2.77 bits per heavy atom. The lowest BCUT2D eigenvalue weighted by atomic mass is 10.0. The highest BCUT2D eigenvalue weighted by Gasteiger charge is 2.17. The summed E-state index contributed by atoms with van der Waals surface area (Å²) in [6.45, 7) is 5.92. The zero-order valence-electron chi connectivity index (χ0n) is 14.6. The van der Waals surface area contributed by atoms with Crippen molar-refractivity contribution in [2.75, 3.05) is 0 Å². The molecule has 0 aliphatic carbocycles. The number of aromatic nitrogens is 6. The van der Waals surface area contributed by atoms with Crippen molar-refractivity contribution in [2.24, 2.45) is 0 Å². The van der Waals surface area contributed by atoms with E-state index in [1.165, 1.54) is 4.52 Å². The van der Waals surface area contributed by atoms with Crippen LogP contribution in [0.1, 0.15) is 31.0 Å². The molecule has 0 aromatic carbocycles. The maximum absolute atomic E-state index is 12.7. The van der Waals surface area contributed by atoms with Crippen LogP contribution in [0.2, 0.25) is 0 Å². The van der Waals surface area contributed by atoms with Crippen LogP contribution in [0.25, 0.3) is 22.6 Å². The van der Waals surface area contributed by atoms with Crippen molar-refractivity contribution < 1.29 is 0 Å². The summed E-state index contributed by atoms with van der Waals surface area (Å²) in [5.41, 5.74) is 3.87. The molecular formula is C18H17BrN6O. The Morgan fingerprint density at radius 2 is 2.04 bits per heavy atom. The minimum absolute atomic E-state index is 0.0847. The van der Waals surface area contributed by atoms with Gasteiger partial charge in [0.05, 0.1) is 12.4 Å². The van der Waals surface area contributed by atoms with E-state index in [0.29, 0.717) is 11.5 Å². The highest BCUT2D eigenvalue weighted by atomic mass is 79.9. The zero-order valence-corrected chi connectivity index (χ0v) is 16.1. The summed E-state index contributed by atoms with van der Waals surface area (Å²) in [7, 11) is 0. The van der Waals surface area contributed by atoms with Gasteiger partial charge in [0.25, 0.3) is 5.56 Å². The highest BCUT2D eigenvalue weighted by Crippen LogP contribution is 2.25. The molecule has 0 fully saturated rings. The molecule has 0 bridgehead atoms. The van der Waals surface area contributed by atoms with E-state index in [1.807, 2.05) is 39.1 Å². The Bertz CT molecular complexity index is 1170. The van der Waals surface area contributed by atoms with Gasteiger partial charge in [0.15, 0.2) is 5.82 Å². The fraction of sp³-hybridized carbons (Fsp3) is 0.222. The van der Waals surface area contributed by atoms with Crippen LogP contribution in [0.5, 0.6) is 0 Å². The smallest absolute Gasteiger partial charge is 0.278 e. The lowest BCUT2D eigenvalue weighted by molar-refractivity contribution is 0.780. The summed E-state index contributed by atoms with van der Waals surface area (Å²) in [4.78, 5) is 20.4. The molecule has 0 radical (unpaired) electrons. The lowest BCUT2D eigenvalue weighted by Crippen LogP contribution is -2.22. The SMILES string of the molecule is Cc1[nH]c2c(-c3cnn(-c4cc(Br)ccn4)c3)cnn2c(=O)c1C(C)C. The van der Waals surface area contributed by atoms with E-state index in [1.54, 1.807) is 23.3 Å². The molecule has 7 nitrogen and oxygen atoms in total. The number of hydrogen-bond acceptors (Lipinski definition) is 4. The monoisotopic (exact) mass is 412 g/mol. The molecule has 26 heavy (non-hydrogen) atoms. The molecule has 0 atom stereocenters. The van der Waals surface area contributed by atoms with Crippen molar-refractivity contribution in [2.45, 2.75) is 26.7 Å². The molecule has 4 aromatic heterocycles. The Balaban J connectivity index is 1.85. The van der Waals surface area contributed by atoms with Gasteiger partial charge in [-0.25, -0.2) is 9.67 Å². The molecule has 0 unspecified atom stereocenters. The van der Waals surface area contributed by atoms with Gasteiger partial charge in [-0.2, -0.15) is 14.7 Å². The molecule has 4 heterocycles. The number of aromatic amines is 1. The molecule has 4 rings (SSSR count). The molecule has 0 aliphatic rings. The van der Waals surface area contributed by atoms with Crippen molar-refractivity contribution in [1.82, 2.24) is 29.4 Å². The summed E-state index contributed by atoms with van der Waals surface area (Å²) >= 11 is 3.44. The Morgan fingerprint density at radius 1 is 1.23 bits per heavy atom. The van der Waals surface area contributed by atoms with E-state index >= 15 is 0 Å². The maximum Gasteiger partial charge on any atom is 0.278 e. The van der Waals surface area contributed by atoms with E-state index in [9.17, 15) is 4.79 Å². The number of pyridine rings is 1. The lowest BCUT2D eigenvalue weighted by Gasteiger charge is -2.09. The maximum atomic E-state index is 12.7. The van der Waals surface area contributed by atoms with Gasteiger partial charge in [-0.3, -0.25) is 4.79 Å².